The Morgan fingerprint density at radius 3 is 3.00 bits per heavy atom. The lowest BCUT2D eigenvalue weighted by atomic mass is 10.4. The zero-order chi connectivity index (χ0) is 9.14. The van der Waals surface area contributed by atoms with E-state index in [4.69, 9.17) is 16.7 Å². The summed E-state index contributed by atoms with van der Waals surface area (Å²) in [7, 11) is 0. The minimum Gasteiger partial charge on any atom is -0.477 e. The van der Waals surface area contributed by atoms with Gasteiger partial charge in [-0.15, -0.1) is 0 Å². The van der Waals surface area contributed by atoms with E-state index in [0.29, 0.717) is 5.03 Å². The second-order valence-electron chi connectivity index (χ2n) is 2.20. The molecular formula is C7H7ClN2O2. The first-order valence-electron chi connectivity index (χ1n) is 3.19. The summed E-state index contributed by atoms with van der Waals surface area (Å²) in [6.07, 6.45) is 1.41. The van der Waals surface area contributed by atoms with E-state index in [9.17, 15) is 4.79 Å². The van der Waals surface area contributed by atoms with Crippen LogP contribution in [0.3, 0.4) is 0 Å². The largest absolute Gasteiger partial charge is 0.477 e. The second-order valence-corrected chi connectivity index (χ2v) is 2.73. The molecule has 0 saturated carbocycles. The summed E-state index contributed by atoms with van der Waals surface area (Å²) < 4.78 is 1.28. The van der Waals surface area contributed by atoms with Crippen LogP contribution in [0, 0.1) is 0 Å². The quantitative estimate of drug-likeness (QED) is 0.775. The van der Waals surface area contributed by atoms with Gasteiger partial charge >= 0.3 is 5.97 Å². The molecule has 4 nitrogen and oxygen atoms in total. The van der Waals surface area contributed by atoms with Crippen molar-refractivity contribution in [1.29, 1.82) is 0 Å². The highest BCUT2D eigenvalue weighted by atomic mass is 35.5. The molecule has 64 valence electrons. The summed E-state index contributed by atoms with van der Waals surface area (Å²) in [5.74, 6) is -1.02. The van der Waals surface area contributed by atoms with Gasteiger partial charge in [0, 0.05) is 11.2 Å². The standard InChI is InChI=1S/C7H7ClN2O2/c1-5(8)4-10-6(7(11)12)2-3-9-10/h2-3H,1,4H2,(H,11,12). The number of hydrogen-bond donors (Lipinski definition) is 1. The van der Waals surface area contributed by atoms with Crippen LogP contribution in [0.2, 0.25) is 0 Å². The van der Waals surface area contributed by atoms with Crippen LogP contribution in [0.5, 0.6) is 0 Å². The number of halogens is 1. The molecule has 0 amide bonds. The van der Waals surface area contributed by atoms with E-state index in [2.05, 4.69) is 11.7 Å². The van der Waals surface area contributed by atoms with Crippen LogP contribution >= 0.6 is 11.6 Å². The lowest BCUT2D eigenvalue weighted by Gasteiger charge is -2.00. The SMILES string of the molecule is C=C(Cl)Cn1nccc1C(=O)O. The number of rotatable bonds is 3. The lowest BCUT2D eigenvalue weighted by Crippen LogP contribution is -2.09. The van der Waals surface area contributed by atoms with Gasteiger partial charge in [0.05, 0.1) is 6.54 Å². The van der Waals surface area contributed by atoms with E-state index in [1.165, 1.54) is 16.9 Å². The van der Waals surface area contributed by atoms with Gasteiger partial charge in [-0.2, -0.15) is 5.10 Å². The highest BCUT2D eigenvalue weighted by Crippen LogP contribution is 2.05. The first-order valence-corrected chi connectivity index (χ1v) is 3.57. The van der Waals surface area contributed by atoms with E-state index >= 15 is 0 Å². The molecule has 0 bridgehead atoms. The maximum Gasteiger partial charge on any atom is 0.354 e. The molecule has 0 saturated heterocycles. The van der Waals surface area contributed by atoms with Gasteiger partial charge in [0.2, 0.25) is 0 Å². The molecule has 0 unspecified atom stereocenters. The van der Waals surface area contributed by atoms with Gasteiger partial charge in [-0.1, -0.05) is 18.2 Å². The van der Waals surface area contributed by atoms with E-state index < -0.39 is 5.97 Å². The van der Waals surface area contributed by atoms with Crippen LogP contribution in [-0.4, -0.2) is 20.9 Å². The minimum absolute atomic E-state index is 0.108. The van der Waals surface area contributed by atoms with Crippen molar-refractivity contribution in [3.63, 3.8) is 0 Å². The molecule has 0 aliphatic heterocycles. The normalized spacial score (nSPS) is 9.75. The number of aromatic carboxylic acids is 1. The van der Waals surface area contributed by atoms with Crippen molar-refractivity contribution < 1.29 is 9.90 Å². The monoisotopic (exact) mass is 186 g/mol. The topological polar surface area (TPSA) is 55.1 Å². The molecule has 1 N–H and O–H groups in total. The van der Waals surface area contributed by atoms with Gasteiger partial charge in [-0.25, -0.2) is 4.79 Å². The molecule has 5 heteroatoms. The molecule has 12 heavy (non-hydrogen) atoms. The van der Waals surface area contributed by atoms with Crippen molar-refractivity contribution in [2.75, 3.05) is 0 Å². The van der Waals surface area contributed by atoms with Crippen LogP contribution in [0.4, 0.5) is 0 Å². The molecule has 1 aromatic rings. The lowest BCUT2D eigenvalue weighted by molar-refractivity contribution is 0.0684. The van der Waals surface area contributed by atoms with Crippen molar-refractivity contribution in [2.45, 2.75) is 6.54 Å². The number of nitrogens with zero attached hydrogens (tertiary/aromatic N) is 2. The summed E-state index contributed by atoms with van der Waals surface area (Å²) in [6.45, 7) is 3.66. The van der Waals surface area contributed by atoms with Gasteiger partial charge in [0.25, 0.3) is 0 Å². The fourth-order valence-electron chi connectivity index (χ4n) is 0.803. The summed E-state index contributed by atoms with van der Waals surface area (Å²) in [6, 6.07) is 1.40. The zero-order valence-corrected chi connectivity index (χ0v) is 6.95. The van der Waals surface area contributed by atoms with Crippen LogP contribution in [0.1, 0.15) is 10.5 Å². The Bertz CT molecular complexity index is 319. The molecule has 1 aromatic heterocycles. The second kappa shape index (κ2) is 3.40. The Hall–Kier alpha value is -1.29. The van der Waals surface area contributed by atoms with Crippen LogP contribution in [0.15, 0.2) is 23.9 Å². The molecule has 1 heterocycles. The summed E-state index contributed by atoms with van der Waals surface area (Å²) >= 11 is 5.50. The molecule has 0 radical (unpaired) electrons. The van der Waals surface area contributed by atoms with E-state index in [0.717, 1.165) is 0 Å². The predicted octanol–water partition coefficient (Wildman–Crippen LogP) is 1.33. The van der Waals surface area contributed by atoms with Gasteiger partial charge in [-0.3, -0.25) is 4.68 Å². The van der Waals surface area contributed by atoms with Gasteiger partial charge in [-0.05, 0) is 6.07 Å². The van der Waals surface area contributed by atoms with E-state index in [1.54, 1.807) is 0 Å². The average molecular weight is 187 g/mol. The number of carboxylic acids is 1. The third-order valence-corrected chi connectivity index (χ3v) is 1.38. The Morgan fingerprint density at radius 2 is 2.50 bits per heavy atom. The van der Waals surface area contributed by atoms with Gasteiger partial charge < -0.3 is 5.11 Å². The highest BCUT2D eigenvalue weighted by molar-refractivity contribution is 6.29. The Labute approximate surface area is 74.1 Å². The summed E-state index contributed by atoms with van der Waals surface area (Å²) in [5, 5.41) is 12.8. The zero-order valence-electron chi connectivity index (χ0n) is 6.20. The Kier molecular flexibility index (Phi) is 2.50. The first-order chi connectivity index (χ1) is 5.61. The van der Waals surface area contributed by atoms with Crippen molar-refractivity contribution in [3.05, 3.63) is 29.6 Å². The van der Waals surface area contributed by atoms with Gasteiger partial charge in [0.1, 0.15) is 5.69 Å². The molecule has 0 aliphatic rings. The molecule has 1 rings (SSSR count). The molecular weight excluding hydrogens is 180 g/mol. The Balaban J connectivity index is 2.91. The number of carbonyl (C=O) groups is 1. The molecule has 0 fully saturated rings. The van der Waals surface area contributed by atoms with E-state index in [1.807, 2.05) is 0 Å². The number of carboxylic acid groups (broad SMARTS) is 1. The molecule has 0 spiro atoms. The fourth-order valence-corrected chi connectivity index (χ4v) is 0.916. The molecule has 0 aromatic carbocycles. The first kappa shape index (κ1) is 8.80. The molecule has 0 atom stereocenters. The van der Waals surface area contributed by atoms with E-state index in [-0.39, 0.29) is 12.2 Å². The maximum absolute atomic E-state index is 10.5. The fraction of sp³-hybridized carbons (Fsp3) is 0.143. The predicted molar refractivity (Wildman–Crippen MR) is 44.2 cm³/mol. The Morgan fingerprint density at radius 1 is 1.83 bits per heavy atom. The number of aromatic nitrogens is 2. The molecule has 0 aliphatic carbocycles. The summed E-state index contributed by atoms with van der Waals surface area (Å²) in [4.78, 5) is 10.5. The average Bonchev–Trinajstić information content (AvgIpc) is 2.33. The third kappa shape index (κ3) is 1.85. The maximum atomic E-state index is 10.5. The highest BCUT2D eigenvalue weighted by Gasteiger charge is 2.09. The van der Waals surface area contributed by atoms with Gasteiger partial charge in [0.15, 0.2) is 0 Å². The number of hydrogen-bond acceptors (Lipinski definition) is 2. The van der Waals surface area contributed by atoms with Crippen LogP contribution in [-0.2, 0) is 6.54 Å². The smallest absolute Gasteiger partial charge is 0.354 e. The summed E-state index contributed by atoms with van der Waals surface area (Å²) in [5.41, 5.74) is 0.108. The third-order valence-electron chi connectivity index (χ3n) is 1.26. The van der Waals surface area contributed by atoms with Crippen molar-refractivity contribution in [1.82, 2.24) is 9.78 Å². The van der Waals surface area contributed by atoms with Crippen LogP contribution in [0.25, 0.3) is 0 Å². The van der Waals surface area contributed by atoms with Crippen molar-refractivity contribution in [2.24, 2.45) is 0 Å². The minimum atomic E-state index is -1.02. The number of allylic oxidation sites excluding steroid dienone is 1. The van der Waals surface area contributed by atoms with Crippen LogP contribution < -0.4 is 0 Å². The van der Waals surface area contributed by atoms with Crippen molar-refractivity contribution >= 4 is 17.6 Å². The van der Waals surface area contributed by atoms with Crippen molar-refractivity contribution in [3.8, 4) is 0 Å².